The first kappa shape index (κ1) is 18.2. The van der Waals surface area contributed by atoms with Gasteiger partial charge in [-0.25, -0.2) is 13.4 Å². The van der Waals surface area contributed by atoms with Gasteiger partial charge >= 0.3 is 0 Å². The monoisotopic (exact) mass is 438 g/mol. The van der Waals surface area contributed by atoms with Gasteiger partial charge in [0.15, 0.2) is 5.17 Å². The minimum Gasteiger partial charge on any atom is -0.272 e. The molecule has 1 heterocycles. The zero-order valence-electron chi connectivity index (χ0n) is 13.3. The number of amides is 1. The summed E-state index contributed by atoms with van der Waals surface area (Å²) in [6, 6.07) is 15.2. The van der Waals surface area contributed by atoms with Crippen molar-refractivity contribution in [2.45, 2.75) is 23.5 Å². The number of nitrogens with zero attached hydrogens (tertiary/aromatic N) is 2. The zero-order valence-corrected chi connectivity index (χ0v) is 16.5. The van der Waals surface area contributed by atoms with Crippen LogP contribution < -0.4 is 0 Å². The van der Waals surface area contributed by atoms with Crippen LogP contribution in [0.15, 0.2) is 69.0 Å². The smallest absolute Gasteiger partial charge is 0.272 e. The fourth-order valence-corrected chi connectivity index (χ4v) is 5.35. The van der Waals surface area contributed by atoms with Crippen LogP contribution in [-0.4, -0.2) is 29.0 Å². The maximum absolute atomic E-state index is 13.0. The average Bonchev–Trinajstić information content (AvgIpc) is 2.92. The van der Waals surface area contributed by atoms with E-state index in [9.17, 15) is 13.2 Å². The molecule has 2 aromatic rings. The normalized spacial score (nSPS) is 19.6. The van der Waals surface area contributed by atoms with Crippen LogP contribution in [0.25, 0.3) is 0 Å². The maximum Gasteiger partial charge on any atom is 0.272 e. The van der Waals surface area contributed by atoms with Gasteiger partial charge in [0.25, 0.3) is 15.9 Å². The van der Waals surface area contributed by atoms with Crippen molar-refractivity contribution in [3.05, 3.63) is 59.1 Å². The summed E-state index contributed by atoms with van der Waals surface area (Å²) >= 11 is 4.47. The highest BCUT2D eigenvalue weighted by Crippen LogP contribution is 2.35. The van der Waals surface area contributed by atoms with E-state index >= 15 is 0 Å². The number of rotatable bonds is 4. The summed E-state index contributed by atoms with van der Waals surface area (Å²) in [4.78, 5) is 17.1. The Hall–Kier alpha value is -1.64. The lowest BCUT2D eigenvalue weighted by molar-refractivity contribution is -0.122. The molecule has 0 spiro atoms. The molecule has 0 aliphatic carbocycles. The van der Waals surface area contributed by atoms with Gasteiger partial charge in [-0.3, -0.25) is 4.79 Å². The van der Waals surface area contributed by atoms with Crippen molar-refractivity contribution in [1.29, 1.82) is 0 Å². The molecule has 0 saturated carbocycles. The molecule has 0 radical (unpaired) electrons. The molecule has 1 aliphatic rings. The molecule has 1 atom stereocenters. The van der Waals surface area contributed by atoms with Crippen LogP contribution in [0.4, 0.5) is 5.69 Å². The van der Waals surface area contributed by atoms with Crippen LogP contribution in [0.5, 0.6) is 0 Å². The predicted octanol–water partition coefficient (Wildman–Crippen LogP) is 4.18. The van der Waals surface area contributed by atoms with Gasteiger partial charge in [0, 0.05) is 4.47 Å². The van der Waals surface area contributed by atoms with E-state index in [0.29, 0.717) is 12.1 Å². The molecule has 0 unspecified atom stereocenters. The van der Waals surface area contributed by atoms with E-state index < -0.39 is 21.2 Å². The summed E-state index contributed by atoms with van der Waals surface area (Å²) in [6.45, 7) is 1.85. The molecule has 130 valence electrons. The lowest BCUT2D eigenvalue weighted by Gasteiger charge is -2.16. The van der Waals surface area contributed by atoms with Gasteiger partial charge in [0.05, 0.1) is 15.8 Å². The van der Waals surface area contributed by atoms with Crippen LogP contribution in [0, 0.1) is 0 Å². The molecule has 8 heteroatoms. The van der Waals surface area contributed by atoms with Crippen molar-refractivity contribution in [3.8, 4) is 0 Å². The SMILES string of the molecule is CC[C@H]1SC(=Nc2ccccc2)N(S(=O)(=O)c2ccc(Br)cc2)C1=O. The highest BCUT2D eigenvalue weighted by atomic mass is 79.9. The third kappa shape index (κ3) is 3.65. The molecule has 5 nitrogen and oxygen atoms in total. The largest absolute Gasteiger partial charge is 0.272 e. The van der Waals surface area contributed by atoms with Gasteiger partial charge in [-0.15, -0.1) is 0 Å². The second kappa shape index (κ2) is 7.31. The molecule has 0 N–H and O–H groups in total. The van der Waals surface area contributed by atoms with Crippen LogP contribution in [0.3, 0.4) is 0 Å². The van der Waals surface area contributed by atoms with E-state index in [-0.39, 0.29) is 10.1 Å². The van der Waals surface area contributed by atoms with E-state index in [2.05, 4.69) is 20.9 Å². The lowest BCUT2D eigenvalue weighted by atomic mass is 10.3. The summed E-state index contributed by atoms with van der Waals surface area (Å²) in [5.41, 5.74) is 0.602. The van der Waals surface area contributed by atoms with Crippen molar-refractivity contribution in [2.75, 3.05) is 0 Å². The van der Waals surface area contributed by atoms with E-state index in [1.54, 1.807) is 24.3 Å². The molecule has 25 heavy (non-hydrogen) atoms. The minimum absolute atomic E-state index is 0.0576. The fourth-order valence-electron chi connectivity index (χ4n) is 2.33. The highest BCUT2D eigenvalue weighted by molar-refractivity contribution is 9.10. The van der Waals surface area contributed by atoms with E-state index in [1.807, 2.05) is 25.1 Å². The first-order valence-electron chi connectivity index (χ1n) is 7.58. The van der Waals surface area contributed by atoms with Gasteiger partial charge < -0.3 is 0 Å². The van der Waals surface area contributed by atoms with Crippen molar-refractivity contribution >= 4 is 54.5 Å². The summed E-state index contributed by atoms with van der Waals surface area (Å²) in [7, 11) is -4.01. The number of thioether (sulfide) groups is 1. The minimum atomic E-state index is -4.01. The number of carbonyl (C=O) groups excluding carboxylic acids is 1. The summed E-state index contributed by atoms with van der Waals surface area (Å²) < 4.78 is 27.6. The summed E-state index contributed by atoms with van der Waals surface area (Å²) in [5.74, 6) is -0.454. The van der Waals surface area contributed by atoms with Crippen LogP contribution in [0.1, 0.15) is 13.3 Å². The maximum atomic E-state index is 13.0. The first-order valence-corrected chi connectivity index (χ1v) is 10.7. The molecule has 1 saturated heterocycles. The Labute approximate surface area is 159 Å². The number of carbonyl (C=O) groups is 1. The number of halogens is 1. The van der Waals surface area contributed by atoms with Crippen LogP contribution in [0.2, 0.25) is 0 Å². The average molecular weight is 439 g/mol. The summed E-state index contributed by atoms with van der Waals surface area (Å²) in [6.07, 6.45) is 0.531. The number of benzene rings is 2. The molecule has 1 amide bonds. The number of para-hydroxylation sites is 1. The second-order valence-corrected chi connectivity index (χ2v) is 9.18. The highest BCUT2D eigenvalue weighted by Gasteiger charge is 2.44. The number of amidine groups is 1. The second-order valence-electron chi connectivity index (χ2n) is 5.31. The van der Waals surface area contributed by atoms with Crippen molar-refractivity contribution < 1.29 is 13.2 Å². The van der Waals surface area contributed by atoms with E-state index in [1.165, 1.54) is 23.9 Å². The van der Waals surface area contributed by atoms with Crippen molar-refractivity contribution in [1.82, 2.24) is 4.31 Å². The van der Waals surface area contributed by atoms with Gasteiger partial charge in [0.1, 0.15) is 0 Å². The molecular weight excluding hydrogens is 424 g/mol. The first-order chi connectivity index (χ1) is 11.9. The third-order valence-corrected chi connectivity index (χ3v) is 7.25. The molecule has 3 rings (SSSR count). The molecular formula is C17H15BrN2O3S2. The number of hydrogen-bond acceptors (Lipinski definition) is 5. The van der Waals surface area contributed by atoms with Crippen LogP contribution >= 0.6 is 27.7 Å². The zero-order chi connectivity index (χ0) is 18.0. The Morgan fingerprint density at radius 3 is 2.36 bits per heavy atom. The Morgan fingerprint density at radius 2 is 1.76 bits per heavy atom. The third-order valence-electron chi connectivity index (χ3n) is 3.60. The molecule has 1 fully saturated rings. The Morgan fingerprint density at radius 1 is 1.12 bits per heavy atom. The molecule has 0 aromatic heterocycles. The quantitative estimate of drug-likeness (QED) is 0.717. The van der Waals surface area contributed by atoms with Crippen molar-refractivity contribution in [2.24, 2.45) is 4.99 Å². The predicted molar refractivity (Wildman–Crippen MR) is 103 cm³/mol. The summed E-state index contributed by atoms with van der Waals surface area (Å²) in [5, 5.41) is -0.265. The Balaban J connectivity index is 2.07. The number of aliphatic imine (C=N–C) groups is 1. The van der Waals surface area contributed by atoms with E-state index in [4.69, 9.17) is 0 Å². The van der Waals surface area contributed by atoms with Gasteiger partial charge in [-0.05, 0) is 42.8 Å². The van der Waals surface area contributed by atoms with Gasteiger partial charge in [-0.2, -0.15) is 4.31 Å². The fraction of sp³-hybridized carbons (Fsp3) is 0.176. The van der Waals surface area contributed by atoms with E-state index in [0.717, 1.165) is 8.78 Å². The van der Waals surface area contributed by atoms with Crippen LogP contribution in [-0.2, 0) is 14.8 Å². The molecule has 2 aromatic carbocycles. The van der Waals surface area contributed by atoms with Gasteiger partial charge in [0.2, 0.25) is 0 Å². The molecule has 1 aliphatic heterocycles. The van der Waals surface area contributed by atoms with Crippen molar-refractivity contribution in [3.63, 3.8) is 0 Å². The lowest BCUT2D eigenvalue weighted by Crippen LogP contribution is -2.37. The standard InChI is InChI=1S/C17H15BrN2O3S2/c1-2-15-16(21)20(17(24-15)19-13-6-4-3-5-7-13)25(22,23)14-10-8-12(18)9-11-14/h3-11,15H,2H2,1H3/t15-/m1/s1. The number of sulfonamides is 1. The van der Waals surface area contributed by atoms with Gasteiger partial charge in [-0.1, -0.05) is 52.8 Å². The Kier molecular flexibility index (Phi) is 5.31. The topological polar surface area (TPSA) is 66.8 Å². The Bertz CT molecular complexity index is 913. The molecule has 0 bridgehead atoms. The number of hydrogen-bond donors (Lipinski definition) is 0.